The van der Waals surface area contributed by atoms with Crippen molar-refractivity contribution < 1.29 is 27.8 Å². The number of carbonyl (C=O) groups excluding carboxylic acids is 2. The number of rotatable bonds is 5. The van der Waals surface area contributed by atoms with E-state index in [1.807, 2.05) is 5.32 Å². The number of amides is 2. The predicted octanol–water partition coefficient (Wildman–Crippen LogP) is 1.76. The third-order valence-electron chi connectivity index (χ3n) is 4.68. The number of benzene rings is 2. The molecule has 1 aliphatic rings. The summed E-state index contributed by atoms with van der Waals surface area (Å²) < 4.78 is 42.5. The Kier molecular flexibility index (Phi) is 5.46. The smallest absolute Gasteiger partial charge is 0.293 e. The lowest BCUT2D eigenvalue weighted by atomic mass is 10.1. The molecule has 29 heavy (non-hydrogen) atoms. The van der Waals surface area contributed by atoms with E-state index in [9.17, 15) is 22.8 Å². The second-order valence-electron chi connectivity index (χ2n) is 6.86. The molecule has 0 saturated carbocycles. The Balaban J connectivity index is 2.08. The SMILES string of the molecule is CCCN1C(=O)[C@](NC(=O)c2ccc(C)cc2)(C(F)(F)F)[NH+]=C1c1ccccc1. The van der Waals surface area contributed by atoms with E-state index in [1.165, 1.54) is 12.1 Å². The van der Waals surface area contributed by atoms with Gasteiger partial charge >= 0.3 is 17.7 Å². The van der Waals surface area contributed by atoms with Crippen LogP contribution in [0.4, 0.5) is 13.2 Å². The molecule has 0 saturated heterocycles. The van der Waals surface area contributed by atoms with Crippen LogP contribution in [-0.4, -0.2) is 40.9 Å². The predicted molar refractivity (Wildman–Crippen MR) is 101 cm³/mol. The molecule has 0 spiro atoms. The van der Waals surface area contributed by atoms with E-state index in [-0.39, 0.29) is 17.9 Å². The van der Waals surface area contributed by atoms with E-state index < -0.39 is 23.7 Å². The van der Waals surface area contributed by atoms with Crippen molar-refractivity contribution in [2.24, 2.45) is 0 Å². The van der Waals surface area contributed by atoms with Gasteiger partial charge in [0.2, 0.25) is 0 Å². The van der Waals surface area contributed by atoms with E-state index in [1.54, 1.807) is 56.3 Å². The van der Waals surface area contributed by atoms with Crippen molar-refractivity contribution in [3.63, 3.8) is 0 Å². The fourth-order valence-electron chi connectivity index (χ4n) is 3.16. The molecule has 2 N–H and O–H groups in total. The monoisotopic (exact) mass is 404 g/mol. The normalized spacial score (nSPS) is 19.3. The van der Waals surface area contributed by atoms with E-state index >= 15 is 0 Å². The van der Waals surface area contributed by atoms with Crippen LogP contribution in [0.5, 0.6) is 0 Å². The molecule has 1 atom stereocenters. The number of halogens is 3. The molecule has 0 aromatic heterocycles. The van der Waals surface area contributed by atoms with Crippen molar-refractivity contribution in [1.82, 2.24) is 10.2 Å². The van der Waals surface area contributed by atoms with Crippen LogP contribution in [-0.2, 0) is 4.79 Å². The fraction of sp³-hybridized carbons (Fsp3) is 0.286. The zero-order valence-corrected chi connectivity index (χ0v) is 16.0. The Labute approximate surface area is 166 Å². The first-order chi connectivity index (χ1) is 13.7. The van der Waals surface area contributed by atoms with E-state index in [2.05, 4.69) is 4.99 Å². The summed E-state index contributed by atoms with van der Waals surface area (Å²) in [7, 11) is 0. The van der Waals surface area contributed by atoms with Crippen molar-refractivity contribution in [2.75, 3.05) is 6.54 Å². The van der Waals surface area contributed by atoms with Crippen LogP contribution < -0.4 is 10.3 Å². The maximum absolute atomic E-state index is 14.2. The zero-order chi connectivity index (χ0) is 21.2. The van der Waals surface area contributed by atoms with Crippen molar-refractivity contribution in [3.05, 3.63) is 71.3 Å². The first-order valence-electron chi connectivity index (χ1n) is 9.18. The molecule has 2 amide bonds. The molecule has 1 heterocycles. The number of hydrogen-bond donors (Lipinski definition) is 2. The summed E-state index contributed by atoms with van der Waals surface area (Å²) in [5, 5.41) is 1.92. The third kappa shape index (κ3) is 3.74. The van der Waals surface area contributed by atoms with Gasteiger partial charge in [-0.3, -0.25) is 10.1 Å². The summed E-state index contributed by atoms with van der Waals surface area (Å²) >= 11 is 0. The van der Waals surface area contributed by atoms with Gasteiger partial charge in [-0.1, -0.05) is 42.8 Å². The van der Waals surface area contributed by atoms with Gasteiger partial charge < -0.3 is 0 Å². The van der Waals surface area contributed by atoms with Gasteiger partial charge in [0, 0.05) is 5.56 Å². The molecule has 152 valence electrons. The van der Waals surface area contributed by atoms with Gasteiger partial charge in [-0.2, -0.15) is 18.1 Å². The summed E-state index contributed by atoms with van der Waals surface area (Å²) in [5.41, 5.74) is -1.93. The summed E-state index contributed by atoms with van der Waals surface area (Å²) in [6.07, 6.45) is -4.61. The van der Waals surface area contributed by atoms with Crippen LogP contribution >= 0.6 is 0 Å². The number of hydrogen-bond acceptors (Lipinski definition) is 2. The van der Waals surface area contributed by atoms with Gasteiger partial charge in [-0.05, 0) is 37.6 Å². The van der Waals surface area contributed by atoms with Gasteiger partial charge in [-0.15, -0.1) is 0 Å². The van der Waals surface area contributed by atoms with E-state index in [0.29, 0.717) is 12.0 Å². The standard InChI is InChI=1S/C21H20F3N3O2/c1-3-13-27-17(15-7-5-4-6-8-15)25-20(19(27)29,21(22,23)24)26-18(28)16-11-9-14(2)10-12-16/h4-12H,3,13H2,1-2H3,(H,26,28)/p+1/t20-/m0/s1. The second kappa shape index (κ2) is 7.69. The highest BCUT2D eigenvalue weighted by atomic mass is 19.4. The number of nitrogens with one attached hydrogen (secondary N) is 2. The summed E-state index contributed by atoms with van der Waals surface area (Å²) in [5.74, 6) is -2.24. The number of carbonyl (C=O) groups is 2. The van der Waals surface area contributed by atoms with Crippen LogP contribution in [0.3, 0.4) is 0 Å². The van der Waals surface area contributed by atoms with Crippen LogP contribution in [0.15, 0.2) is 54.6 Å². The van der Waals surface area contributed by atoms with Crippen LogP contribution in [0.25, 0.3) is 0 Å². The number of aryl methyl sites for hydroxylation is 1. The molecule has 0 unspecified atom stereocenters. The maximum Gasteiger partial charge on any atom is 0.465 e. The molecule has 8 heteroatoms. The number of nitrogens with zero attached hydrogens (tertiary/aromatic N) is 1. The molecule has 3 rings (SSSR count). The topological polar surface area (TPSA) is 63.4 Å². The fourth-order valence-corrected chi connectivity index (χ4v) is 3.16. The molecule has 5 nitrogen and oxygen atoms in total. The maximum atomic E-state index is 14.2. The molecule has 0 bridgehead atoms. The van der Waals surface area contributed by atoms with E-state index in [4.69, 9.17) is 0 Å². The van der Waals surface area contributed by atoms with Crippen molar-refractivity contribution in [3.8, 4) is 0 Å². The number of alkyl halides is 3. The lowest BCUT2D eigenvalue weighted by Gasteiger charge is -2.24. The minimum Gasteiger partial charge on any atom is -0.293 e. The Morgan fingerprint density at radius 2 is 1.72 bits per heavy atom. The molecule has 0 fully saturated rings. The first-order valence-corrected chi connectivity index (χ1v) is 9.18. The van der Waals surface area contributed by atoms with Crippen LogP contribution in [0.2, 0.25) is 0 Å². The Bertz CT molecular complexity index is 940. The average Bonchev–Trinajstić information content (AvgIpc) is 2.96. The Morgan fingerprint density at radius 1 is 1.10 bits per heavy atom. The van der Waals surface area contributed by atoms with Crippen LogP contribution in [0.1, 0.15) is 34.8 Å². The Morgan fingerprint density at radius 3 is 2.28 bits per heavy atom. The molecular formula is C21H21F3N3O2+. The van der Waals surface area contributed by atoms with Gasteiger partial charge in [0.25, 0.3) is 11.7 Å². The average molecular weight is 404 g/mol. The van der Waals surface area contributed by atoms with Gasteiger partial charge in [0.1, 0.15) is 0 Å². The van der Waals surface area contributed by atoms with Crippen molar-refractivity contribution in [2.45, 2.75) is 32.1 Å². The minimum absolute atomic E-state index is 0.0129. The van der Waals surface area contributed by atoms with Gasteiger partial charge in [-0.25, -0.2) is 9.79 Å². The lowest BCUT2D eigenvalue weighted by molar-refractivity contribution is -0.580. The molecule has 0 aliphatic carbocycles. The second-order valence-corrected chi connectivity index (χ2v) is 6.86. The molecular weight excluding hydrogens is 383 g/mol. The zero-order valence-electron chi connectivity index (χ0n) is 16.0. The summed E-state index contributed by atoms with van der Waals surface area (Å²) in [4.78, 5) is 28.9. The number of amidine groups is 1. The minimum atomic E-state index is -5.06. The van der Waals surface area contributed by atoms with Gasteiger partial charge in [0.15, 0.2) is 0 Å². The third-order valence-corrected chi connectivity index (χ3v) is 4.68. The van der Waals surface area contributed by atoms with Crippen LogP contribution in [0, 0.1) is 6.92 Å². The molecule has 2 aromatic carbocycles. The van der Waals surface area contributed by atoms with E-state index in [0.717, 1.165) is 10.5 Å². The first kappa shape index (κ1) is 20.6. The molecule has 2 aromatic rings. The molecule has 0 radical (unpaired) electrons. The summed E-state index contributed by atoms with van der Waals surface area (Å²) in [6.45, 7) is 3.63. The largest absolute Gasteiger partial charge is 0.465 e. The Hall–Kier alpha value is -3.16. The molecule has 1 aliphatic heterocycles. The van der Waals surface area contributed by atoms with Gasteiger partial charge in [0.05, 0.1) is 12.1 Å². The highest BCUT2D eigenvalue weighted by Crippen LogP contribution is 2.30. The summed E-state index contributed by atoms with van der Waals surface area (Å²) in [6, 6.07) is 14.3. The van der Waals surface area contributed by atoms with Crippen molar-refractivity contribution in [1.29, 1.82) is 0 Å². The highest BCUT2D eigenvalue weighted by Gasteiger charge is 2.72. The highest BCUT2D eigenvalue weighted by molar-refractivity contribution is 6.11. The quantitative estimate of drug-likeness (QED) is 0.798. The lowest BCUT2D eigenvalue weighted by Crippen LogP contribution is -2.96. The van der Waals surface area contributed by atoms with Crippen molar-refractivity contribution >= 4 is 17.6 Å².